The fourth-order valence-corrected chi connectivity index (χ4v) is 4.18. The van der Waals surface area contributed by atoms with Gasteiger partial charge in [0.2, 0.25) is 0 Å². The van der Waals surface area contributed by atoms with E-state index in [4.69, 9.17) is 33.8 Å². The molecule has 0 amide bonds. The molecule has 11 heteroatoms. The van der Waals surface area contributed by atoms with Crippen LogP contribution in [0.3, 0.4) is 0 Å². The van der Waals surface area contributed by atoms with Crippen LogP contribution in [0.2, 0.25) is 0 Å². The van der Waals surface area contributed by atoms with E-state index in [0.29, 0.717) is 30.9 Å². The van der Waals surface area contributed by atoms with E-state index in [-0.39, 0.29) is 42.3 Å². The van der Waals surface area contributed by atoms with Crippen LogP contribution in [0.25, 0.3) is 0 Å². The summed E-state index contributed by atoms with van der Waals surface area (Å²) < 4.78 is 32.5. The van der Waals surface area contributed by atoms with Crippen LogP contribution in [0.4, 0.5) is 0 Å². The first-order chi connectivity index (χ1) is 23.3. The maximum atomic E-state index is 12.9. The second-order valence-electron chi connectivity index (χ2n) is 10.3. The van der Waals surface area contributed by atoms with E-state index >= 15 is 0 Å². The van der Waals surface area contributed by atoms with E-state index in [2.05, 4.69) is 20.1 Å². The third-order valence-corrected chi connectivity index (χ3v) is 6.65. The number of rotatable bonds is 20. The minimum Gasteiger partial charge on any atom is -0.490 e. The highest BCUT2D eigenvalue weighted by Gasteiger charge is 2.17. The number of hydrogen-bond donors (Lipinski definition) is 1. The third kappa shape index (κ3) is 12.3. The molecule has 1 N–H and O–H groups in total. The zero-order chi connectivity index (χ0) is 34.7. The molecule has 48 heavy (non-hydrogen) atoms. The predicted molar refractivity (Wildman–Crippen MR) is 178 cm³/mol. The molecule has 0 saturated heterocycles. The van der Waals surface area contributed by atoms with Crippen LogP contribution >= 0.6 is 0 Å². The highest BCUT2D eigenvalue weighted by Crippen LogP contribution is 2.23. The summed E-state index contributed by atoms with van der Waals surface area (Å²) in [4.78, 5) is 48.4. The maximum absolute atomic E-state index is 12.9. The zero-order valence-electron chi connectivity index (χ0n) is 26.8. The van der Waals surface area contributed by atoms with Gasteiger partial charge in [0.1, 0.15) is 23.9 Å². The summed E-state index contributed by atoms with van der Waals surface area (Å²) in [5.41, 5.74) is 1.77. The number of carbonyl (C=O) groups excluding carboxylic acids is 4. The lowest BCUT2D eigenvalue weighted by Crippen LogP contribution is -2.29. The SMILES string of the molecule is C=CC(=O)OCCCCOCC(COc1ccc(C(=O)Oc2ccc(C(=O)Oc3ccc(CCC)cc3)cc2C=N)cc1)OC(=O)C=C. The molecule has 0 aromatic heterocycles. The first kappa shape index (κ1) is 36.9. The fraction of sp³-hybridized carbons (Fsp3) is 0.270. The monoisotopic (exact) mass is 657 g/mol. The van der Waals surface area contributed by atoms with E-state index in [1.807, 2.05) is 12.1 Å². The van der Waals surface area contributed by atoms with E-state index in [0.717, 1.165) is 36.8 Å². The van der Waals surface area contributed by atoms with Crippen LogP contribution in [-0.2, 0) is 30.2 Å². The Balaban J connectivity index is 1.52. The number of ether oxygens (including phenoxy) is 6. The van der Waals surface area contributed by atoms with E-state index in [1.54, 1.807) is 24.3 Å². The Bertz CT molecular complexity index is 1560. The van der Waals surface area contributed by atoms with Crippen molar-refractivity contribution >= 4 is 30.1 Å². The molecule has 3 rings (SSSR count). The Kier molecular flexibility index (Phi) is 15.3. The van der Waals surface area contributed by atoms with Gasteiger partial charge in [0.05, 0.1) is 24.3 Å². The normalized spacial score (nSPS) is 11.0. The van der Waals surface area contributed by atoms with Crippen molar-refractivity contribution in [2.75, 3.05) is 26.4 Å². The summed E-state index contributed by atoms with van der Waals surface area (Å²) in [5.74, 6) is -1.50. The van der Waals surface area contributed by atoms with Gasteiger partial charge < -0.3 is 33.8 Å². The largest absolute Gasteiger partial charge is 0.490 e. The first-order valence-electron chi connectivity index (χ1n) is 15.4. The molecule has 0 aliphatic carbocycles. The summed E-state index contributed by atoms with van der Waals surface area (Å²) in [6.07, 6.45) is 5.55. The lowest BCUT2D eigenvalue weighted by atomic mass is 10.1. The molecule has 0 radical (unpaired) electrons. The smallest absolute Gasteiger partial charge is 0.343 e. The summed E-state index contributed by atoms with van der Waals surface area (Å²) in [5, 5.41) is 7.77. The van der Waals surface area contributed by atoms with Crippen molar-refractivity contribution in [1.82, 2.24) is 0 Å². The molecule has 1 atom stereocenters. The average molecular weight is 658 g/mol. The summed E-state index contributed by atoms with van der Waals surface area (Å²) in [7, 11) is 0. The Morgan fingerprint density at radius 2 is 1.42 bits per heavy atom. The Morgan fingerprint density at radius 3 is 2.08 bits per heavy atom. The fourth-order valence-electron chi connectivity index (χ4n) is 4.18. The van der Waals surface area contributed by atoms with Crippen molar-refractivity contribution in [3.8, 4) is 17.2 Å². The van der Waals surface area contributed by atoms with Crippen molar-refractivity contribution < 1.29 is 47.6 Å². The van der Waals surface area contributed by atoms with Gasteiger partial charge in [-0.15, -0.1) is 0 Å². The number of esters is 4. The number of benzene rings is 3. The molecular weight excluding hydrogens is 618 g/mol. The zero-order valence-corrected chi connectivity index (χ0v) is 26.8. The number of hydrogen-bond acceptors (Lipinski definition) is 11. The van der Waals surface area contributed by atoms with E-state index < -0.39 is 30.0 Å². The Morgan fingerprint density at radius 1 is 0.771 bits per heavy atom. The topological polar surface area (TPSA) is 148 Å². The van der Waals surface area contributed by atoms with Gasteiger partial charge in [0.15, 0.2) is 6.10 Å². The lowest BCUT2D eigenvalue weighted by molar-refractivity contribution is -0.148. The van der Waals surface area contributed by atoms with Crippen LogP contribution in [-0.4, -0.2) is 62.6 Å². The van der Waals surface area contributed by atoms with Crippen LogP contribution < -0.4 is 14.2 Å². The van der Waals surface area contributed by atoms with Gasteiger partial charge in [-0.25, -0.2) is 19.2 Å². The van der Waals surface area contributed by atoms with Crippen molar-refractivity contribution in [3.05, 3.63) is 114 Å². The van der Waals surface area contributed by atoms with Gasteiger partial charge in [0.25, 0.3) is 0 Å². The van der Waals surface area contributed by atoms with Gasteiger partial charge in [0, 0.05) is 30.5 Å². The van der Waals surface area contributed by atoms with Crippen molar-refractivity contribution in [2.24, 2.45) is 0 Å². The van der Waals surface area contributed by atoms with Crippen LogP contribution in [0, 0.1) is 5.41 Å². The molecule has 0 bridgehead atoms. The summed E-state index contributed by atoms with van der Waals surface area (Å²) in [6, 6.07) is 17.7. The molecular formula is C37H39NO10. The summed E-state index contributed by atoms with van der Waals surface area (Å²) >= 11 is 0. The number of unbranched alkanes of at least 4 members (excludes halogenated alkanes) is 1. The maximum Gasteiger partial charge on any atom is 0.343 e. The van der Waals surface area contributed by atoms with Crippen molar-refractivity contribution in [2.45, 2.75) is 38.7 Å². The molecule has 3 aromatic carbocycles. The molecule has 3 aromatic rings. The summed E-state index contributed by atoms with van der Waals surface area (Å²) in [6.45, 7) is 9.46. The van der Waals surface area contributed by atoms with Crippen molar-refractivity contribution in [1.29, 1.82) is 5.41 Å². The number of nitrogens with one attached hydrogen (secondary N) is 1. The van der Waals surface area contributed by atoms with Gasteiger partial charge in [-0.2, -0.15) is 0 Å². The van der Waals surface area contributed by atoms with Gasteiger partial charge in [-0.3, -0.25) is 0 Å². The Labute approximate surface area is 279 Å². The molecule has 0 aliphatic rings. The lowest BCUT2D eigenvalue weighted by Gasteiger charge is -2.18. The van der Waals surface area contributed by atoms with E-state index in [9.17, 15) is 19.2 Å². The van der Waals surface area contributed by atoms with Gasteiger partial charge >= 0.3 is 23.9 Å². The van der Waals surface area contributed by atoms with Crippen LogP contribution in [0.15, 0.2) is 92.0 Å². The van der Waals surface area contributed by atoms with E-state index in [1.165, 1.54) is 30.3 Å². The van der Waals surface area contributed by atoms with Gasteiger partial charge in [-0.05, 0) is 79.4 Å². The minimum atomic E-state index is -0.732. The standard InChI is InChI=1S/C37H39NO10/c1-4-9-26-10-15-31(16-11-26)47-37(42)28-14-19-33(29(22-28)23-38)48-36(41)27-12-17-30(18-13-27)45-25-32(46-35(40)6-3)24-43-20-7-8-21-44-34(39)5-2/h5-6,10-19,22-23,32,38H,2-4,7-9,20-21,24-25H2,1H3. The molecule has 252 valence electrons. The highest BCUT2D eigenvalue weighted by atomic mass is 16.6. The number of carbonyl (C=O) groups is 4. The first-order valence-corrected chi connectivity index (χ1v) is 15.4. The highest BCUT2D eigenvalue weighted by molar-refractivity contribution is 5.96. The molecule has 0 heterocycles. The molecule has 0 spiro atoms. The number of aryl methyl sites for hydroxylation is 1. The van der Waals surface area contributed by atoms with Crippen molar-refractivity contribution in [3.63, 3.8) is 0 Å². The molecule has 0 saturated carbocycles. The second-order valence-corrected chi connectivity index (χ2v) is 10.3. The average Bonchev–Trinajstić information content (AvgIpc) is 3.10. The minimum absolute atomic E-state index is 0.0258. The molecule has 0 aliphatic heterocycles. The molecule has 1 unspecified atom stereocenters. The van der Waals surface area contributed by atoms with Crippen LogP contribution in [0.5, 0.6) is 17.2 Å². The predicted octanol–water partition coefficient (Wildman–Crippen LogP) is 6.08. The third-order valence-electron chi connectivity index (χ3n) is 6.65. The second kappa shape index (κ2) is 19.9. The quantitative estimate of drug-likeness (QED) is 0.0499. The van der Waals surface area contributed by atoms with Crippen LogP contribution in [0.1, 0.15) is 58.0 Å². The van der Waals surface area contributed by atoms with Gasteiger partial charge in [-0.1, -0.05) is 38.6 Å². The molecule has 11 nitrogen and oxygen atoms in total. The molecule has 0 fully saturated rings. The Hall–Kier alpha value is -5.55.